The molecule has 1 atom stereocenters. The van der Waals surface area contributed by atoms with Crippen LogP contribution in [-0.2, 0) is 11.0 Å². The number of benzene rings is 2. The van der Waals surface area contributed by atoms with Gasteiger partial charge in [-0.1, -0.05) is 23.7 Å². The summed E-state index contributed by atoms with van der Waals surface area (Å²) in [6, 6.07) is 7.96. The second-order valence-corrected chi connectivity index (χ2v) is 7.57. The number of alkyl halides is 3. The van der Waals surface area contributed by atoms with Gasteiger partial charge < -0.3 is 10.2 Å². The fourth-order valence-corrected chi connectivity index (χ4v) is 3.57. The third-order valence-electron chi connectivity index (χ3n) is 5.18. The van der Waals surface area contributed by atoms with Crippen molar-refractivity contribution in [3.05, 3.63) is 64.4 Å². The molecular weight excluding hydrogens is 438 g/mol. The first-order chi connectivity index (χ1) is 14.6. The molecular formula is C21H20ClF4N3O2. The zero-order chi connectivity index (χ0) is 22.8. The van der Waals surface area contributed by atoms with Gasteiger partial charge in [-0.2, -0.15) is 13.2 Å². The highest BCUT2D eigenvalue weighted by Crippen LogP contribution is 2.32. The number of rotatable bonds is 4. The quantitative estimate of drug-likeness (QED) is 0.697. The highest BCUT2D eigenvalue weighted by molar-refractivity contribution is 6.31. The Morgan fingerprint density at radius 3 is 2.32 bits per heavy atom. The van der Waals surface area contributed by atoms with E-state index >= 15 is 0 Å². The minimum absolute atomic E-state index is 0.114. The van der Waals surface area contributed by atoms with E-state index in [0.29, 0.717) is 18.8 Å². The lowest BCUT2D eigenvalue weighted by molar-refractivity contribution is -0.138. The Kier molecular flexibility index (Phi) is 6.86. The molecule has 1 saturated heterocycles. The number of hydrogen-bond acceptors (Lipinski definition) is 3. The zero-order valence-corrected chi connectivity index (χ0v) is 17.3. The molecule has 2 aromatic carbocycles. The van der Waals surface area contributed by atoms with E-state index in [1.807, 2.05) is 4.90 Å². The monoisotopic (exact) mass is 457 g/mol. The van der Waals surface area contributed by atoms with Gasteiger partial charge in [0.2, 0.25) is 5.91 Å². The summed E-state index contributed by atoms with van der Waals surface area (Å²) in [6.07, 6.45) is -4.62. The van der Waals surface area contributed by atoms with Crippen LogP contribution in [0, 0.1) is 5.82 Å². The van der Waals surface area contributed by atoms with Crippen molar-refractivity contribution < 1.29 is 27.2 Å². The first kappa shape index (κ1) is 23.0. The second-order valence-electron chi connectivity index (χ2n) is 7.17. The lowest BCUT2D eigenvalue weighted by Crippen LogP contribution is -2.54. The Morgan fingerprint density at radius 2 is 1.71 bits per heavy atom. The van der Waals surface area contributed by atoms with E-state index in [9.17, 15) is 27.2 Å². The summed E-state index contributed by atoms with van der Waals surface area (Å²) in [5.74, 6) is -1.63. The summed E-state index contributed by atoms with van der Waals surface area (Å²) in [5.41, 5.74) is -1.00. The molecule has 166 valence electrons. The van der Waals surface area contributed by atoms with Gasteiger partial charge in [0.25, 0.3) is 5.91 Å². The molecule has 1 fully saturated rings. The molecule has 31 heavy (non-hydrogen) atoms. The molecule has 1 aliphatic rings. The van der Waals surface area contributed by atoms with Crippen LogP contribution in [0.4, 0.5) is 23.2 Å². The molecule has 2 amide bonds. The van der Waals surface area contributed by atoms with Crippen molar-refractivity contribution in [3.8, 4) is 0 Å². The summed E-state index contributed by atoms with van der Waals surface area (Å²) < 4.78 is 52.9. The molecule has 0 aromatic heterocycles. The van der Waals surface area contributed by atoms with Crippen LogP contribution in [0.1, 0.15) is 22.8 Å². The average molecular weight is 458 g/mol. The number of anilines is 1. The van der Waals surface area contributed by atoms with Gasteiger partial charge >= 0.3 is 6.18 Å². The van der Waals surface area contributed by atoms with Crippen molar-refractivity contribution in [1.29, 1.82) is 0 Å². The van der Waals surface area contributed by atoms with Crippen LogP contribution < -0.4 is 5.32 Å². The highest BCUT2D eigenvalue weighted by Gasteiger charge is 2.36. The van der Waals surface area contributed by atoms with Gasteiger partial charge in [-0.25, -0.2) is 4.39 Å². The summed E-state index contributed by atoms with van der Waals surface area (Å²) >= 11 is 5.72. The molecule has 1 unspecified atom stereocenters. The van der Waals surface area contributed by atoms with E-state index in [1.165, 1.54) is 35.2 Å². The molecule has 0 saturated carbocycles. The van der Waals surface area contributed by atoms with Crippen LogP contribution in [0.2, 0.25) is 5.02 Å². The molecule has 1 heterocycles. The largest absolute Gasteiger partial charge is 0.417 e. The zero-order valence-electron chi connectivity index (χ0n) is 16.5. The number of nitrogens with zero attached hydrogens (tertiary/aromatic N) is 2. The molecule has 0 spiro atoms. The van der Waals surface area contributed by atoms with Gasteiger partial charge in [-0.15, -0.1) is 0 Å². The normalized spacial score (nSPS) is 16.1. The predicted octanol–water partition coefficient (Wildman–Crippen LogP) is 4.28. The van der Waals surface area contributed by atoms with Crippen molar-refractivity contribution >= 4 is 29.1 Å². The minimum atomic E-state index is -4.62. The lowest BCUT2D eigenvalue weighted by Gasteiger charge is -2.37. The predicted molar refractivity (Wildman–Crippen MR) is 108 cm³/mol. The van der Waals surface area contributed by atoms with E-state index in [0.717, 1.165) is 12.1 Å². The first-order valence-electron chi connectivity index (χ1n) is 9.53. The van der Waals surface area contributed by atoms with Crippen molar-refractivity contribution in [2.24, 2.45) is 0 Å². The summed E-state index contributed by atoms with van der Waals surface area (Å²) in [6.45, 7) is 2.68. The summed E-state index contributed by atoms with van der Waals surface area (Å²) in [5, 5.41) is 2.54. The van der Waals surface area contributed by atoms with Crippen LogP contribution in [-0.4, -0.2) is 53.8 Å². The van der Waals surface area contributed by atoms with Crippen molar-refractivity contribution in [1.82, 2.24) is 9.80 Å². The van der Waals surface area contributed by atoms with Gasteiger partial charge in [-0.3, -0.25) is 14.5 Å². The molecule has 0 bridgehead atoms. The molecule has 1 N–H and O–H groups in total. The molecule has 0 aliphatic carbocycles. The molecule has 2 aromatic rings. The molecule has 0 radical (unpaired) electrons. The van der Waals surface area contributed by atoms with Gasteiger partial charge in [0.1, 0.15) is 5.82 Å². The van der Waals surface area contributed by atoms with E-state index in [4.69, 9.17) is 11.6 Å². The second kappa shape index (κ2) is 9.23. The van der Waals surface area contributed by atoms with Gasteiger partial charge in [0.15, 0.2) is 0 Å². The van der Waals surface area contributed by atoms with E-state index in [1.54, 1.807) is 6.92 Å². The molecule has 10 heteroatoms. The summed E-state index contributed by atoms with van der Waals surface area (Å²) in [4.78, 5) is 28.3. The van der Waals surface area contributed by atoms with Crippen LogP contribution in [0.25, 0.3) is 0 Å². The van der Waals surface area contributed by atoms with Crippen molar-refractivity contribution in [2.75, 3.05) is 31.5 Å². The molecule has 1 aliphatic heterocycles. The number of nitrogens with one attached hydrogen (secondary N) is 1. The first-order valence-corrected chi connectivity index (χ1v) is 9.91. The Morgan fingerprint density at radius 1 is 1.06 bits per heavy atom. The number of carbonyl (C=O) groups is 2. The van der Waals surface area contributed by atoms with Crippen molar-refractivity contribution in [2.45, 2.75) is 19.1 Å². The lowest BCUT2D eigenvalue weighted by atomic mass is 10.1. The maximum Gasteiger partial charge on any atom is 0.417 e. The molecule has 3 rings (SSSR count). The smallest absolute Gasteiger partial charge is 0.336 e. The minimum Gasteiger partial charge on any atom is -0.336 e. The van der Waals surface area contributed by atoms with Crippen molar-refractivity contribution in [3.63, 3.8) is 0 Å². The Bertz CT molecular complexity index is 975. The third-order valence-corrected chi connectivity index (χ3v) is 5.47. The SMILES string of the molecule is CC(C(=O)Nc1ccc(F)c(Cl)c1)N1CCN(C(=O)c2ccccc2C(F)(F)F)CC1. The number of halogens is 5. The fourth-order valence-electron chi connectivity index (χ4n) is 3.39. The van der Waals surface area contributed by atoms with Gasteiger partial charge in [0, 0.05) is 31.9 Å². The summed E-state index contributed by atoms with van der Waals surface area (Å²) in [7, 11) is 0. The van der Waals surface area contributed by atoms with Crippen LogP contribution in [0.3, 0.4) is 0 Å². The number of hydrogen-bond donors (Lipinski definition) is 1. The van der Waals surface area contributed by atoms with E-state index < -0.39 is 29.5 Å². The standard InChI is InChI=1S/C21H20ClF4N3O2/c1-13(19(30)27-14-6-7-18(23)17(22)12-14)28-8-10-29(11-9-28)20(31)15-4-2-3-5-16(15)21(24,25)26/h2-7,12-13H,8-11H2,1H3,(H,27,30). The maximum absolute atomic E-state index is 13.3. The Labute approximate surface area is 181 Å². The maximum atomic E-state index is 13.3. The van der Waals surface area contributed by atoms with Crippen LogP contribution in [0.15, 0.2) is 42.5 Å². The topological polar surface area (TPSA) is 52.7 Å². The Balaban J connectivity index is 1.61. The van der Waals surface area contributed by atoms with Crippen LogP contribution in [0.5, 0.6) is 0 Å². The Hall–Kier alpha value is -2.65. The average Bonchev–Trinajstić information content (AvgIpc) is 2.74. The fraction of sp³-hybridized carbons (Fsp3) is 0.333. The number of amides is 2. The number of piperazine rings is 1. The van der Waals surface area contributed by atoms with Gasteiger partial charge in [0.05, 0.1) is 22.2 Å². The molecule has 5 nitrogen and oxygen atoms in total. The number of carbonyl (C=O) groups excluding carboxylic acids is 2. The van der Waals surface area contributed by atoms with E-state index in [-0.39, 0.29) is 29.6 Å². The highest BCUT2D eigenvalue weighted by atomic mass is 35.5. The van der Waals surface area contributed by atoms with E-state index in [2.05, 4.69) is 5.32 Å². The third kappa shape index (κ3) is 5.34. The van der Waals surface area contributed by atoms with Crippen LogP contribution >= 0.6 is 11.6 Å². The van der Waals surface area contributed by atoms with Gasteiger partial charge in [-0.05, 0) is 37.3 Å².